The maximum absolute atomic E-state index is 13.7. The number of carbonyl (C=O) groups excluding carboxylic acids is 1. The van der Waals surface area contributed by atoms with Gasteiger partial charge >= 0.3 is 0 Å². The Hall–Kier alpha value is -2.41. The van der Waals surface area contributed by atoms with E-state index in [0.29, 0.717) is 5.69 Å². The lowest BCUT2D eigenvalue weighted by atomic mass is 10.2. The second-order valence-corrected chi connectivity index (χ2v) is 7.92. The Balaban J connectivity index is 2.06. The number of nitrogens with two attached hydrogens (primary N) is 1. The number of hydrogen-bond donors (Lipinski definition) is 1. The lowest BCUT2D eigenvalue weighted by Crippen LogP contribution is -2.39. The maximum atomic E-state index is 13.7. The molecule has 1 fully saturated rings. The molecule has 25 heavy (non-hydrogen) atoms. The molecule has 1 amide bonds. The van der Waals surface area contributed by atoms with Crippen molar-refractivity contribution in [2.45, 2.75) is 36.6 Å². The van der Waals surface area contributed by atoms with Gasteiger partial charge in [0.05, 0.1) is 10.6 Å². The summed E-state index contributed by atoms with van der Waals surface area (Å²) in [5, 5.41) is 0. The van der Waals surface area contributed by atoms with Crippen LogP contribution in [0.5, 0.6) is 0 Å². The molecule has 2 aromatic carbocycles. The molecule has 7 heteroatoms. The average molecular weight is 362 g/mol. The quantitative estimate of drug-likeness (QED) is 0.888. The van der Waals surface area contributed by atoms with Crippen molar-refractivity contribution in [3.63, 3.8) is 0 Å². The summed E-state index contributed by atoms with van der Waals surface area (Å²) in [4.78, 5) is 11.2. The molecule has 2 N–H and O–H groups in total. The van der Waals surface area contributed by atoms with Crippen molar-refractivity contribution in [2.24, 2.45) is 5.73 Å². The third-order valence-electron chi connectivity index (χ3n) is 4.41. The first-order chi connectivity index (χ1) is 11.9. The third kappa shape index (κ3) is 3.51. The first kappa shape index (κ1) is 17.4. The predicted molar refractivity (Wildman–Crippen MR) is 93.3 cm³/mol. The minimum absolute atomic E-state index is 0.0497. The van der Waals surface area contributed by atoms with Gasteiger partial charge in [0.1, 0.15) is 5.82 Å². The van der Waals surface area contributed by atoms with E-state index in [1.54, 1.807) is 6.07 Å². The minimum Gasteiger partial charge on any atom is -0.366 e. The van der Waals surface area contributed by atoms with Crippen LogP contribution < -0.4 is 10.0 Å². The summed E-state index contributed by atoms with van der Waals surface area (Å²) in [6.45, 7) is 0. The highest BCUT2D eigenvalue weighted by atomic mass is 32.2. The van der Waals surface area contributed by atoms with Crippen molar-refractivity contribution < 1.29 is 17.6 Å². The molecule has 5 nitrogen and oxygen atoms in total. The number of halogens is 1. The average Bonchev–Trinajstić information content (AvgIpc) is 3.09. The molecule has 0 unspecified atom stereocenters. The number of primary amides is 1. The Morgan fingerprint density at radius 2 is 1.72 bits per heavy atom. The molecule has 0 saturated heterocycles. The van der Waals surface area contributed by atoms with Gasteiger partial charge in [0, 0.05) is 11.6 Å². The van der Waals surface area contributed by atoms with Gasteiger partial charge in [0.15, 0.2) is 0 Å². The van der Waals surface area contributed by atoms with Crippen molar-refractivity contribution in [1.82, 2.24) is 0 Å². The molecule has 1 aliphatic rings. The fourth-order valence-corrected chi connectivity index (χ4v) is 4.90. The normalized spacial score (nSPS) is 15.2. The van der Waals surface area contributed by atoms with E-state index in [-0.39, 0.29) is 16.5 Å². The van der Waals surface area contributed by atoms with Gasteiger partial charge in [-0.05, 0) is 55.3 Å². The van der Waals surface area contributed by atoms with Gasteiger partial charge in [-0.2, -0.15) is 0 Å². The number of sulfonamides is 1. The smallest absolute Gasteiger partial charge is 0.264 e. The van der Waals surface area contributed by atoms with Crippen LogP contribution in [0.25, 0.3) is 0 Å². The van der Waals surface area contributed by atoms with E-state index in [0.717, 1.165) is 25.7 Å². The monoisotopic (exact) mass is 362 g/mol. The van der Waals surface area contributed by atoms with Gasteiger partial charge in [-0.3, -0.25) is 9.10 Å². The number of carbonyl (C=O) groups is 1. The Labute approximate surface area is 146 Å². The van der Waals surface area contributed by atoms with Crippen molar-refractivity contribution in [1.29, 1.82) is 0 Å². The molecule has 0 radical (unpaired) electrons. The van der Waals surface area contributed by atoms with Crippen molar-refractivity contribution in [3.05, 3.63) is 59.9 Å². The molecule has 132 valence electrons. The van der Waals surface area contributed by atoms with Crippen LogP contribution in [0.2, 0.25) is 0 Å². The van der Waals surface area contributed by atoms with Crippen LogP contribution >= 0.6 is 0 Å². The van der Waals surface area contributed by atoms with Crippen LogP contribution in [0, 0.1) is 5.82 Å². The molecule has 0 aromatic heterocycles. The highest BCUT2D eigenvalue weighted by Crippen LogP contribution is 2.33. The van der Waals surface area contributed by atoms with Crippen LogP contribution in [0.3, 0.4) is 0 Å². The molecule has 0 bridgehead atoms. The van der Waals surface area contributed by atoms with Crippen molar-refractivity contribution >= 4 is 21.6 Å². The zero-order valence-corrected chi connectivity index (χ0v) is 14.4. The summed E-state index contributed by atoms with van der Waals surface area (Å²) >= 11 is 0. The first-order valence-corrected chi connectivity index (χ1v) is 9.53. The molecule has 3 rings (SSSR count). The Morgan fingerprint density at radius 3 is 2.28 bits per heavy atom. The minimum atomic E-state index is -3.88. The van der Waals surface area contributed by atoms with E-state index >= 15 is 0 Å². The fourth-order valence-electron chi connectivity index (χ4n) is 3.20. The molecule has 0 spiro atoms. The highest BCUT2D eigenvalue weighted by molar-refractivity contribution is 7.92. The first-order valence-electron chi connectivity index (χ1n) is 8.09. The number of hydrogen-bond acceptors (Lipinski definition) is 3. The standard InChI is InChI=1S/C18H19FN2O3S/c19-14-4-3-7-16(12-14)21(15-5-1-2-6-15)25(23,24)17-10-8-13(9-11-17)18(20)22/h3-4,7-12,15H,1-2,5-6H2,(H2,20,22). The number of nitrogens with zero attached hydrogens (tertiary/aromatic N) is 1. The Kier molecular flexibility index (Phi) is 4.76. The lowest BCUT2D eigenvalue weighted by Gasteiger charge is -2.30. The number of amides is 1. The zero-order chi connectivity index (χ0) is 18.0. The highest BCUT2D eigenvalue weighted by Gasteiger charge is 2.33. The van der Waals surface area contributed by atoms with E-state index in [9.17, 15) is 17.6 Å². The zero-order valence-electron chi connectivity index (χ0n) is 13.6. The summed E-state index contributed by atoms with van der Waals surface area (Å²) < 4.78 is 41.4. The molecular formula is C18H19FN2O3S. The van der Waals surface area contributed by atoms with Crippen LogP contribution in [-0.4, -0.2) is 20.4 Å². The van der Waals surface area contributed by atoms with E-state index in [4.69, 9.17) is 5.73 Å². The second-order valence-electron chi connectivity index (χ2n) is 6.11. The third-order valence-corrected chi connectivity index (χ3v) is 6.31. The SMILES string of the molecule is NC(=O)c1ccc(S(=O)(=O)N(c2cccc(F)c2)C2CCCC2)cc1. The van der Waals surface area contributed by atoms with E-state index in [1.165, 1.54) is 46.8 Å². The van der Waals surface area contributed by atoms with Gasteiger partial charge in [-0.25, -0.2) is 12.8 Å². The summed E-state index contributed by atoms with van der Waals surface area (Å²) in [6, 6.07) is 10.9. The van der Waals surface area contributed by atoms with Gasteiger partial charge in [-0.1, -0.05) is 18.9 Å². The number of anilines is 1. The van der Waals surface area contributed by atoms with Crippen LogP contribution in [0.1, 0.15) is 36.0 Å². The number of benzene rings is 2. The number of rotatable bonds is 5. The molecule has 0 aliphatic heterocycles. The van der Waals surface area contributed by atoms with Crippen LogP contribution in [0.4, 0.5) is 10.1 Å². The topological polar surface area (TPSA) is 80.5 Å². The summed E-state index contributed by atoms with van der Waals surface area (Å²) in [6.07, 6.45) is 3.34. The van der Waals surface area contributed by atoms with E-state index < -0.39 is 21.7 Å². The molecule has 0 heterocycles. The Morgan fingerprint density at radius 1 is 1.08 bits per heavy atom. The van der Waals surface area contributed by atoms with E-state index in [2.05, 4.69) is 0 Å². The van der Waals surface area contributed by atoms with Gasteiger partial charge in [0.25, 0.3) is 10.0 Å². The van der Waals surface area contributed by atoms with Crippen LogP contribution in [-0.2, 0) is 10.0 Å². The molecule has 2 aromatic rings. The lowest BCUT2D eigenvalue weighted by molar-refractivity contribution is 0.1000. The summed E-state index contributed by atoms with van der Waals surface area (Å²) in [5.41, 5.74) is 5.74. The van der Waals surface area contributed by atoms with Gasteiger partial charge in [-0.15, -0.1) is 0 Å². The summed E-state index contributed by atoms with van der Waals surface area (Å²) in [5.74, 6) is -1.11. The molecule has 0 atom stereocenters. The van der Waals surface area contributed by atoms with Crippen molar-refractivity contribution in [3.8, 4) is 0 Å². The molecular weight excluding hydrogens is 343 g/mol. The van der Waals surface area contributed by atoms with E-state index in [1.807, 2.05) is 0 Å². The van der Waals surface area contributed by atoms with Crippen molar-refractivity contribution in [2.75, 3.05) is 4.31 Å². The Bertz CT molecular complexity index is 875. The molecule has 1 aliphatic carbocycles. The largest absolute Gasteiger partial charge is 0.366 e. The predicted octanol–water partition coefficient (Wildman–Crippen LogP) is 3.06. The fraction of sp³-hybridized carbons (Fsp3) is 0.278. The van der Waals surface area contributed by atoms with Gasteiger partial charge in [0.2, 0.25) is 5.91 Å². The maximum Gasteiger partial charge on any atom is 0.264 e. The second kappa shape index (κ2) is 6.84. The summed E-state index contributed by atoms with van der Waals surface area (Å²) in [7, 11) is -3.88. The van der Waals surface area contributed by atoms with Crippen LogP contribution in [0.15, 0.2) is 53.4 Å². The molecule has 1 saturated carbocycles. The van der Waals surface area contributed by atoms with Gasteiger partial charge < -0.3 is 5.73 Å².